The zero-order chi connectivity index (χ0) is 21.7. The third kappa shape index (κ3) is 4.02. The van der Waals surface area contributed by atoms with Crippen LogP contribution in [0.4, 0.5) is 0 Å². The van der Waals surface area contributed by atoms with Crippen LogP contribution in [0, 0.1) is 12.3 Å². The van der Waals surface area contributed by atoms with Crippen molar-refractivity contribution in [3.05, 3.63) is 52.1 Å². The number of Topliss-reactive ketones (excluding diaryl/α,β-unsaturated/α-hetero) is 1. The van der Waals surface area contributed by atoms with E-state index in [-0.39, 0.29) is 34.7 Å². The normalized spacial score (nSPS) is 14.3. The molecule has 0 saturated heterocycles. The number of phenolic OH excluding ortho intramolecular Hbond substituents is 1. The van der Waals surface area contributed by atoms with E-state index < -0.39 is 0 Å². The predicted molar refractivity (Wildman–Crippen MR) is 114 cm³/mol. The number of fused-ring (bicyclic) bond motifs is 1. The molecule has 0 bridgehead atoms. The predicted octanol–water partition coefficient (Wildman–Crippen LogP) is 4.11. The van der Waals surface area contributed by atoms with Crippen LogP contribution in [0.5, 0.6) is 5.75 Å². The standard InChI is InChI=1S/C23H30N4O2/c1-13-10-25-17-11-27(21(24)19(17)26-13)12-18(28)14-8-15(22(2,3)4)20(29)16(9-14)23(5,6)7/h8-10,24,29H,11-12H2,1-7H3. The number of carbonyl (C=O) groups excluding carboxylic acids is 1. The van der Waals surface area contributed by atoms with Crippen molar-refractivity contribution >= 4 is 11.6 Å². The zero-order valence-corrected chi connectivity index (χ0v) is 18.3. The Balaban J connectivity index is 1.95. The van der Waals surface area contributed by atoms with Crippen LogP contribution in [0.25, 0.3) is 0 Å². The lowest BCUT2D eigenvalue weighted by molar-refractivity contribution is 0.0962. The van der Waals surface area contributed by atoms with E-state index in [0.29, 0.717) is 17.8 Å². The number of hydrogen-bond acceptors (Lipinski definition) is 5. The first kappa shape index (κ1) is 21.0. The first-order valence-corrected chi connectivity index (χ1v) is 9.86. The third-order valence-corrected chi connectivity index (χ3v) is 5.23. The molecule has 0 fully saturated rings. The SMILES string of the molecule is Cc1cnc2c(n1)C(=N)N(CC(=O)c1cc(C(C)(C)C)c(O)c(C(C)(C)C)c1)C2. The van der Waals surface area contributed by atoms with Gasteiger partial charge >= 0.3 is 0 Å². The lowest BCUT2D eigenvalue weighted by atomic mass is 9.78. The number of carbonyl (C=O) groups is 1. The van der Waals surface area contributed by atoms with Gasteiger partial charge in [-0.05, 0) is 29.9 Å². The minimum absolute atomic E-state index is 0.0772. The topological polar surface area (TPSA) is 90.2 Å². The summed E-state index contributed by atoms with van der Waals surface area (Å²) in [7, 11) is 0. The highest BCUT2D eigenvalue weighted by atomic mass is 16.3. The second-order valence-corrected chi connectivity index (χ2v) is 9.85. The van der Waals surface area contributed by atoms with Crippen molar-refractivity contribution in [1.29, 1.82) is 5.41 Å². The zero-order valence-electron chi connectivity index (χ0n) is 18.3. The van der Waals surface area contributed by atoms with Crippen LogP contribution in [0.15, 0.2) is 18.3 Å². The van der Waals surface area contributed by atoms with E-state index in [4.69, 9.17) is 5.41 Å². The molecule has 2 N–H and O–H groups in total. The lowest BCUT2D eigenvalue weighted by Crippen LogP contribution is -2.31. The molecule has 1 aromatic carbocycles. The molecule has 0 amide bonds. The smallest absolute Gasteiger partial charge is 0.182 e. The summed E-state index contributed by atoms with van der Waals surface area (Å²) in [5, 5.41) is 19.3. The van der Waals surface area contributed by atoms with Gasteiger partial charge in [-0.15, -0.1) is 0 Å². The summed E-state index contributed by atoms with van der Waals surface area (Å²) in [6, 6.07) is 3.58. The van der Waals surface area contributed by atoms with E-state index in [1.807, 2.05) is 48.5 Å². The summed E-state index contributed by atoms with van der Waals surface area (Å²) in [6.45, 7) is 14.5. The van der Waals surface area contributed by atoms with E-state index in [0.717, 1.165) is 22.5 Å². The Morgan fingerprint density at radius 1 is 1.14 bits per heavy atom. The Hall–Kier alpha value is -2.76. The minimum Gasteiger partial charge on any atom is -0.507 e. The molecule has 2 heterocycles. The van der Waals surface area contributed by atoms with E-state index in [2.05, 4.69) is 9.97 Å². The molecule has 0 unspecified atom stereocenters. The second-order valence-electron chi connectivity index (χ2n) is 9.85. The molecule has 0 radical (unpaired) electrons. The third-order valence-electron chi connectivity index (χ3n) is 5.23. The van der Waals surface area contributed by atoms with Crippen LogP contribution in [-0.4, -0.2) is 38.1 Å². The largest absolute Gasteiger partial charge is 0.507 e. The highest BCUT2D eigenvalue weighted by Gasteiger charge is 2.31. The number of rotatable bonds is 3. The highest BCUT2D eigenvalue weighted by molar-refractivity contribution is 6.04. The van der Waals surface area contributed by atoms with Crippen LogP contribution >= 0.6 is 0 Å². The molecule has 1 aliphatic heterocycles. The van der Waals surface area contributed by atoms with E-state index in [1.54, 1.807) is 23.2 Å². The fourth-order valence-corrected chi connectivity index (χ4v) is 3.56. The molecule has 0 saturated carbocycles. The van der Waals surface area contributed by atoms with Gasteiger partial charge in [-0.25, -0.2) is 4.98 Å². The van der Waals surface area contributed by atoms with Crippen LogP contribution in [0.1, 0.15) is 80.1 Å². The van der Waals surface area contributed by atoms with Crippen molar-refractivity contribution in [2.75, 3.05) is 6.54 Å². The number of benzene rings is 1. The summed E-state index contributed by atoms with van der Waals surface area (Å²) in [5.41, 5.74) is 3.49. The molecule has 0 aliphatic carbocycles. The van der Waals surface area contributed by atoms with Crippen LogP contribution < -0.4 is 0 Å². The monoisotopic (exact) mass is 394 g/mol. The Labute approximate surface area is 172 Å². The molecular formula is C23H30N4O2. The Morgan fingerprint density at radius 2 is 1.69 bits per heavy atom. The maximum absolute atomic E-state index is 13.2. The number of nitrogens with one attached hydrogen (secondary N) is 1. The Bertz CT molecular complexity index is 962. The minimum atomic E-state index is -0.303. The van der Waals surface area contributed by atoms with Gasteiger partial charge in [0, 0.05) is 22.9 Å². The number of nitrogens with zero attached hydrogens (tertiary/aromatic N) is 3. The Morgan fingerprint density at radius 3 is 2.21 bits per heavy atom. The Kier molecular flexibility index (Phi) is 5.01. The fraction of sp³-hybridized carbons (Fsp3) is 0.478. The summed E-state index contributed by atoms with van der Waals surface area (Å²) in [6.07, 6.45) is 1.68. The van der Waals surface area contributed by atoms with Gasteiger partial charge < -0.3 is 10.0 Å². The molecule has 1 aliphatic rings. The number of aryl methyl sites for hydroxylation is 1. The van der Waals surface area contributed by atoms with Gasteiger partial charge in [-0.3, -0.25) is 15.2 Å². The maximum atomic E-state index is 13.2. The molecule has 1 aromatic heterocycles. The van der Waals surface area contributed by atoms with Gasteiger partial charge in [0.05, 0.1) is 24.5 Å². The average molecular weight is 395 g/mol. The molecule has 6 nitrogen and oxygen atoms in total. The number of aromatic hydroxyl groups is 1. The van der Waals surface area contributed by atoms with Crippen molar-refractivity contribution in [2.24, 2.45) is 0 Å². The van der Waals surface area contributed by atoms with Crippen LogP contribution in [-0.2, 0) is 17.4 Å². The number of phenols is 1. The summed E-state index contributed by atoms with van der Waals surface area (Å²) >= 11 is 0. The van der Waals surface area contributed by atoms with E-state index in [1.165, 1.54) is 0 Å². The molecule has 29 heavy (non-hydrogen) atoms. The van der Waals surface area contributed by atoms with Crippen LogP contribution in [0.3, 0.4) is 0 Å². The van der Waals surface area contributed by atoms with Gasteiger partial charge in [0.2, 0.25) is 0 Å². The van der Waals surface area contributed by atoms with Gasteiger partial charge in [0.1, 0.15) is 17.3 Å². The first-order chi connectivity index (χ1) is 13.3. The van der Waals surface area contributed by atoms with Crippen molar-refractivity contribution in [2.45, 2.75) is 65.8 Å². The van der Waals surface area contributed by atoms with Gasteiger partial charge in [0.15, 0.2) is 5.78 Å². The summed E-state index contributed by atoms with van der Waals surface area (Å²) < 4.78 is 0. The number of amidine groups is 1. The van der Waals surface area contributed by atoms with E-state index in [9.17, 15) is 9.90 Å². The van der Waals surface area contributed by atoms with Crippen molar-refractivity contribution in [1.82, 2.24) is 14.9 Å². The quantitative estimate of drug-likeness (QED) is 0.765. The van der Waals surface area contributed by atoms with Crippen molar-refractivity contribution in [3.63, 3.8) is 0 Å². The number of aromatic nitrogens is 2. The van der Waals surface area contributed by atoms with Gasteiger partial charge in [0.25, 0.3) is 0 Å². The average Bonchev–Trinajstić information content (AvgIpc) is 2.88. The number of ketones is 1. The van der Waals surface area contributed by atoms with Crippen LogP contribution in [0.2, 0.25) is 0 Å². The molecule has 154 valence electrons. The first-order valence-electron chi connectivity index (χ1n) is 9.86. The highest BCUT2D eigenvalue weighted by Crippen LogP contribution is 2.40. The molecule has 6 heteroatoms. The van der Waals surface area contributed by atoms with Gasteiger partial charge in [-0.2, -0.15) is 0 Å². The van der Waals surface area contributed by atoms with Gasteiger partial charge in [-0.1, -0.05) is 41.5 Å². The number of hydrogen-bond donors (Lipinski definition) is 2. The molecule has 0 spiro atoms. The summed E-state index contributed by atoms with van der Waals surface area (Å²) in [5.74, 6) is 0.400. The summed E-state index contributed by atoms with van der Waals surface area (Å²) in [4.78, 5) is 23.6. The second kappa shape index (κ2) is 6.94. The molecule has 0 atom stereocenters. The van der Waals surface area contributed by atoms with E-state index >= 15 is 0 Å². The van der Waals surface area contributed by atoms with Crippen molar-refractivity contribution < 1.29 is 9.90 Å². The van der Waals surface area contributed by atoms with Crippen molar-refractivity contribution in [3.8, 4) is 5.75 Å². The molecular weight excluding hydrogens is 364 g/mol. The molecule has 2 aromatic rings. The fourth-order valence-electron chi connectivity index (χ4n) is 3.56. The maximum Gasteiger partial charge on any atom is 0.182 e. The molecule has 3 rings (SSSR count). The lowest BCUT2D eigenvalue weighted by Gasteiger charge is -2.28.